The van der Waals surface area contributed by atoms with Crippen molar-refractivity contribution in [3.63, 3.8) is 0 Å². The van der Waals surface area contributed by atoms with Gasteiger partial charge in [0.15, 0.2) is 6.10 Å². The van der Waals surface area contributed by atoms with Crippen molar-refractivity contribution in [1.29, 1.82) is 0 Å². The first kappa shape index (κ1) is 11.2. The number of nitrogens with one attached hydrogen (secondary N) is 1. The van der Waals surface area contributed by atoms with Crippen LogP contribution < -0.4 is 11.3 Å². The molecule has 76 valence electrons. The van der Waals surface area contributed by atoms with Crippen LogP contribution in [0.2, 0.25) is 0 Å². The van der Waals surface area contributed by atoms with E-state index in [2.05, 4.69) is 21.4 Å². The molecule has 0 aliphatic carbocycles. The Labute approximate surface area is 90.5 Å². The van der Waals surface area contributed by atoms with Crippen LogP contribution in [0, 0.1) is 0 Å². The zero-order chi connectivity index (χ0) is 10.6. The molecule has 0 aliphatic rings. The number of hydrazine groups is 1. The van der Waals surface area contributed by atoms with E-state index in [1.165, 1.54) is 7.11 Å². The summed E-state index contributed by atoms with van der Waals surface area (Å²) in [5.41, 5.74) is 2.82. The van der Waals surface area contributed by atoms with Crippen molar-refractivity contribution in [1.82, 2.24) is 5.43 Å². The fraction of sp³-hybridized carbons (Fsp3) is 0.222. The van der Waals surface area contributed by atoms with Crippen LogP contribution in [-0.4, -0.2) is 13.0 Å². The highest BCUT2D eigenvalue weighted by molar-refractivity contribution is 9.10. The minimum absolute atomic E-state index is 0.366. The third kappa shape index (κ3) is 2.54. The Morgan fingerprint density at radius 1 is 1.50 bits per heavy atom. The van der Waals surface area contributed by atoms with Crippen molar-refractivity contribution in [2.24, 2.45) is 5.84 Å². The molecule has 1 rings (SSSR count). The van der Waals surface area contributed by atoms with Crippen molar-refractivity contribution >= 4 is 21.8 Å². The van der Waals surface area contributed by atoms with Crippen LogP contribution in [0.3, 0.4) is 0 Å². The van der Waals surface area contributed by atoms with Gasteiger partial charge in [0, 0.05) is 11.6 Å². The molecule has 0 bridgehead atoms. The minimum Gasteiger partial charge on any atom is -0.367 e. The third-order valence-electron chi connectivity index (χ3n) is 1.79. The van der Waals surface area contributed by atoms with Gasteiger partial charge in [-0.15, -0.1) is 0 Å². The molecule has 3 N–H and O–H groups in total. The molecular formula is C9H11BrN2O2. The van der Waals surface area contributed by atoms with Gasteiger partial charge in [-0.3, -0.25) is 10.2 Å². The van der Waals surface area contributed by atoms with E-state index < -0.39 is 6.10 Å². The smallest absolute Gasteiger partial charge is 0.267 e. The Morgan fingerprint density at radius 2 is 2.07 bits per heavy atom. The maximum Gasteiger partial charge on any atom is 0.267 e. The highest BCUT2D eigenvalue weighted by Crippen LogP contribution is 2.19. The number of benzene rings is 1. The highest BCUT2D eigenvalue weighted by Gasteiger charge is 2.18. The molecule has 0 spiro atoms. The van der Waals surface area contributed by atoms with Gasteiger partial charge >= 0.3 is 0 Å². The van der Waals surface area contributed by atoms with Crippen LogP contribution in [0.4, 0.5) is 0 Å². The topological polar surface area (TPSA) is 64.3 Å². The number of amides is 1. The number of ether oxygens (including phenoxy) is 1. The Bertz CT molecular complexity index is 313. The molecule has 1 aromatic rings. The molecule has 14 heavy (non-hydrogen) atoms. The fourth-order valence-corrected chi connectivity index (χ4v) is 1.37. The van der Waals surface area contributed by atoms with Gasteiger partial charge < -0.3 is 4.74 Å². The molecule has 0 saturated carbocycles. The Hall–Kier alpha value is -0.910. The van der Waals surface area contributed by atoms with Crippen molar-refractivity contribution < 1.29 is 9.53 Å². The Kier molecular flexibility index (Phi) is 4.06. The third-order valence-corrected chi connectivity index (χ3v) is 2.32. The summed E-state index contributed by atoms with van der Waals surface area (Å²) >= 11 is 3.30. The first-order valence-corrected chi connectivity index (χ1v) is 4.77. The number of carbonyl (C=O) groups is 1. The van der Waals surface area contributed by atoms with Gasteiger partial charge in [-0.25, -0.2) is 5.84 Å². The summed E-state index contributed by atoms with van der Waals surface area (Å²) in [7, 11) is 1.46. The normalized spacial score (nSPS) is 12.2. The molecule has 1 atom stereocenters. The van der Waals surface area contributed by atoms with Crippen LogP contribution in [0.25, 0.3) is 0 Å². The van der Waals surface area contributed by atoms with E-state index in [1.807, 2.05) is 12.1 Å². The average molecular weight is 259 g/mol. The summed E-state index contributed by atoms with van der Waals surface area (Å²) in [5, 5.41) is 0. The van der Waals surface area contributed by atoms with E-state index in [1.54, 1.807) is 12.1 Å². The summed E-state index contributed by atoms with van der Waals surface area (Å²) in [4.78, 5) is 11.3. The van der Waals surface area contributed by atoms with Gasteiger partial charge in [0.25, 0.3) is 5.91 Å². The lowest BCUT2D eigenvalue weighted by molar-refractivity contribution is -0.131. The first-order valence-electron chi connectivity index (χ1n) is 3.97. The number of rotatable bonds is 3. The summed E-state index contributed by atoms with van der Waals surface area (Å²) in [5.74, 6) is 4.66. The average Bonchev–Trinajstić information content (AvgIpc) is 2.21. The highest BCUT2D eigenvalue weighted by atomic mass is 79.9. The van der Waals surface area contributed by atoms with Crippen LogP contribution in [0.15, 0.2) is 28.7 Å². The van der Waals surface area contributed by atoms with Crippen molar-refractivity contribution in [3.8, 4) is 0 Å². The number of methoxy groups -OCH3 is 1. The van der Waals surface area contributed by atoms with Gasteiger partial charge in [0.05, 0.1) is 0 Å². The van der Waals surface area contributed by atoms with Crippen LogP contribution in [0.1, 0.15) is 11.7 Å². The molecule has 0 heterocycles. The second-order valence-corrected chi connectivity index (χ2v) is 3.59. The van der Waals surface area contributed by atoms with E-state index >= 15 is 0 Å². The number of halogens is 1. The molecule has 0 aromatic heterocycles. The zero-order valence-electron chi connectivity index (χ0n) is 7.66. The predicted octanol–water partition coefficient (Wildman–Crippen LogP) is 1.13. The van der Waals surface area contributed by atoms with E-state index in [0.29, 0.717) is 0 Å². The van der Waals surface area contributed by atoms with Crippen molar-refractivity contribution in [3.05, 3.63) is 34.3 Å². The molecule has 0 saturated heterocycles. The first-order chi connectivity index (χ1) is 6.69. The lowest BCUT2D eigenvalue weighted by Gasteiger charge is -2.13. The fourth-order valence-electron chi connectivity index (χ4n) is 1.11. The second kappa shape index (κ2) is 5.09. The molecule has 0 radical (unpaired) electrons. The number of hydrogen-bond acceptors (Lipinski definition) is 3. The standard InChI is InChI=1S/C9H11BrN2O2/c1-14-8(9(13)12-11)6-2-4-7(10)5-3-6/h2-5,8H,11H2,1H3,(H,12,13). The van der Waals surface area contributed by atoms with Crippen LogP contribution in [0.5, 0.6) is 0 Å². The van der Waals surface area contributed by atoms with Crippen molar-refractivity contribution in [2.75, 3.05) is 7.11 Å². The lowest BCUT2D eigenvalue weighted by Crippen LogP contribution is -2.35. The summed E-state index contributed by atoms with van der Waals surface area (Å²) in [6, 6.07) is 7.28. The van der Waals surface area contributed by atoms with Crippen LogP contribution >= 0.6 is 15.9 Å². The Balaban J connectivity index is 2.89. The lowest BCUT2D eigenvalue weighted by atomic mass is 10.1. The van der Waals surface area contributed by atoms with Gasteiger partial charge in [-0.1, -0.05) is 28.1 Å². The van der Waals surface area contributed by atoms with Crippen LogP contribution in [-0.2, 0) is 9.53 Å². The molecule has 0 aliphatic heterocycles. The van der Waals surface area contributed by atoms with Gasteiger partial charge in [0.1, 0.15) is 0 Å². The number of nitrogens with two attached hydrogens (primary N) is 1. The molecule has 4 nitrogen and oxygen atoms in total. The second-order valence-electron chi connectivity index (χ2n) is 2.68. The van der Waals surface area contributed by atoms with Gasteiger partial charge in [0.2, 0.25) is 0 Å². The SMILES string of the molecule is COC(C(=O)NN)c1ccc(Br)cc1. The van der Waals surface area contributed by atoms with Gasteiger partial charge in [-0.05, 0) is 17.7 Å². The summed E-state index contributed by atoms with van der Waals surface area (Å²) in [6.45, 7) is 0. The maximum atomic E-state index is 11.3. The Morgan fingerprint density at radius 3 is 2.50 bits per heavy atom. The van der Waals surface area contributed by atoms with E-state index in [0.717, 1.165) is 10.0 Å². The van der Waals surface area contributed by atoms with E-state index in [9.17, 15) is 4.79 Å². The quantitative estimate of drug-likeness (QED) is 0.486. The molecular weight excluding hydrogens is 248 g/mol. The monoisotopic (exact) mass is 258 g/mol. The summed E-state index contributed by atoms with van der Waals surface area (Å²) < 4.78 is 5.97. The molecule has 5 heteroatoms. The van der Waals surface area contributed by atoms with E-state index in [4.69, 9.17) is 10.6 Å². The van der Waals surface area contributed by atoms with Crippen molar-refractivity contribution in [2.45, 2.75) is 6.10 Å². The minimum atomic E-state index is -0.659. The largest absolute Gasteiger partial charge is 0.367 e. The number of carbonyl (C=O) groups excluding carboxylic acids is 1. The molecule has 0 fully saturated rings. The number of hydrogen-bond donors (Lipinski definition) is 2. The molecule has 1 aromatic carbocycles. The van der Waals surface area contributed by atoms with Gasteiger partial charge in [-0.2, -0.15) is 0 Å². The summed E-state index contributed by atoms with van der Waals surface area (Å²) in [6.07, 6.45) is -0.659. The maximum absolute atomic E-state index is 11.3. The van der Waals surface area contributed by atoms with E-state index in [-0.39, 0.29) is 5.91 Å². The zero-order valence-corrected chi connectivity index (χ0v) is 9.24. The predicted molar refractivity (Wildman–Crippen MR) is 56.2 cm³/mol. The molecule has 1 unspecified atom stereocenters. The molecule has 1 amide bonds.